The van der Waals surface area contributed by atoms with Crippen molar-refractivity contribution in [3.63, 3.8) is 0 Å². The van der Waals surface area contributed by atoms with Crippen LogP contribution in [-0.4, -0.2) is 42.5 Å². The largest absolute Gasteiger partial charge is 0.454 e. The van der Waals surface area contributed by atoms with E-state index in [2.05, 4.69) is 10.6 Å². The molecule has 0 bridgehead atoms. The monoisotopic (exact) mass is 399 g/mol. The van der Waals surface area contributed by atoms with Crippen molar-refractivity contribution in [2.24, 2.45) is 5.92 Å². The predicted molar refractivity (Wildman–Crippen MR) is 95.2 cm³/mol. The number of benzene rings is 1. The molecule has 28 heavy (non-hydrogen) atoms. The van der Waals surface area contributed by atoms with Gasteiger partial charge in [0.2, 0.25) is 0 Å². The first-order valence-electron chi connectivity index (χ1n) is 8.54. The van der Waals surface area contributed by atoms with Crippen LogP contribution in [0.3, 0.4) is 0 Å². The molecule has 0 aromatic heterocycles. The molecular weight excluding hydrogens is 376 g/mol. The molecule has 0 heterocycles. The Hall–Kier alpha value is -3.04. The van der Waals surface area contributed by atoms with Crippen LogP contribution >= 0.6 is 0 Å². The lowest BCUT2D eigenvalue weighted by Gasteiger charge is -2.21. The van der Waals surface area contributed by atoms with Crippen molar-refractivity contribution in [1.29, 1.82) is 0 Å². The van der Waals surface area contributed by atoms with Crippen LogP contribution in [0.4, 0.5) is 13.6 Å². The van der Waals surface area contributed by atoms with E-state index in [-0.39, 0.29) is 6.04 Å². The minimum absolute atomic E-state index is 0.199. The lowest BCUT2D eigenvalue weighted by Crippen LogP contribution is -2.47. The van der Waals surface area contributed by atoms with E-state index >= 15 is 0 Å². The van der Waals surface area contributed by atoms with E-state index in [4.69, 9.17) is 4.74 Å². The summed E-state index contributed by atoms with van der Waals surface area (Å²) in [5.41, 5.74) is -0.830. The molecule has 154 valence electrons. The summed E-state index contributed by atoms with van der Waals surface area (Å²) in [5, 5.41) is 6.58. The number of imide groups is 1. The van der Waals surface area contributed by atoms with Gasteiger partial charge in [-0.05, 0) is 31.9 Å². The maximum absolute atomic E-state index is 13.7. The maximum Gasteiger partial charge on any atom is 0.329 e. The Balaban J connectivity index is 2.70. The number of amides is 4. The summed E-state index contributed by atoms with van der Waals surface area (Å²) in [4.78, 5) is 47.4. The van der Waals surface area contributed by atoms with Crippen molar-refractivity contribution in [3.05, 3.63) is 35.4 Å². The highest BCUT2D eigenvalue weighted by Crippen LogP contribution is 2.13. The third-order valence-electron chi connectivity index (χ3n) is 3.42. The van der Waals surface area contributed by atoms with E-state index in [0.717, 1.165) is 18.2 Å². The summed E-state index contributed by atoms with van der Waals surface area (Å²) in [6.45, 7) is 5.76. The Kier molecular flexibility index (Phi) is 8.49. The van der Waals surface area contributed by atoms with Crippen molar-refractivity contribution in [2.75, 3.05) is 6.61 Å². The molecule has 10 heteroatoms. The van der Waals surface area contributed by atoms with Crippen LogP contribution in [0.5, 0.6) is 0 Å². The van der Waals surface area contributed by atoms with E-state index in [9.17, 15) is 28.0 Å². The van der Waals surface area contributed by atoms with Crippen LogP contribution in [0.1, 0.15) is 38.1 Å². The molecule has 0 saturated carbocycles. The van der Waals surface area contributed by atoms with Crippen molar-refractivity contribution < 1.29 is 32.7 Å². The van der Waals surface area contributed by atoms with E-state index in [0.29, 0.717) is 0 Å². The molecule has 0 aliphatic rings. The molecule has 1 aromatic rings. The summed E-state index contributed by atoms with van der Waals surface area (Å²) >= 11 is 0. The second-order valence-corrected chi connectivity index (χ2v) is 6.58. The van der Waals surface area contributed by atoms with Crippen LogP contribution in [0.15, 0.2) is 18.2 Å². The van der Waals surface area contributed by atoms with Gasteiger partial charge >= 0.3 is 12.0 Å². The fourth-order valence-electron chi connectivity index (χ4n) is 2.11. The van der Waals surface area contributed by atoms with Gasteiger partial charge in [0.05, 0.1) is 0 Å². The van der Waals surface area contributed by atoms with Crippen LogP contribution in [0.25, 0.3) is 0 Å². The molecule has 0 spiro atoms. The number of rotatable bonds is 7. The number of ether oxygens (including phenoxy) is 1. The zero-order valence-corrected chi connectivity index (χ0v) is 16.0. The van der Waals surface area contributed by atoms with E-state index in [1.807, 2.05) is 5.32 Å². The molecule has 0 saturated heterocycles. The zero-order valence-electron chi connectivity index (χ0n) is 16.0. The van der Waals surface area contributed by atoms with Crippen LogP contribution in [-0.2, 0) is 14.3 Å². The van der Waals surface area contributed by atoms with E-state index < -0.39 is 59.6 Å². The van der Waals surface area contributed by atoms with Crippen molar-refractivity contribution in [2.45, 2.75) is 39.8 Å². The molecule has 4 amide bonds. The summed E-state index contributed by atoms with van der Waals surface area (Å²) in [6.07, 6.45) is 0. The van der Waals surface area contributed by atoms with Gasteiger partial charge in [-0.25, -0.2) is 18.4 Å². The lowest BCUT2D eigenvalue weighted by molar-refractivity contribution is -0.151. The Bertz CT molecular complexity index is 732. The van der Waals surface area contributed by atoms with Crippen LogP contribution in [0.2, 0.25) is 0 Å². The van der Waals surface area contributed by atoms with Gasteiger partial charge in [0.15, 0.2) is 6.61 Å². The first kappa shape index (κ1) is 23.0. The maximum atomic E-state index is 13.7. The Morgan fingerprint density at radius 1 is 1.00 bits per heavy atom. The van der Waals surface area contributed by atoms with Gasteiger partial charge in [-0.15, -0.1) is 0 Å². The third-order valence-corrected chi connectivity index (χ3v) is 3.42. The van der Waals surface area contributed by atoms with Gasteiger partial charge in [-0.2, -0.15) is 0 Å². The van der Waals surface area contributed by atoms with Gasteiger partial charge in [0, 0.05) is 6.04 Å². The first-order chi connectivity index (χ1) is 13.0. The molecular formula is C18H23F2N3O5. The quantitative estimate of drug-likeness (QED) is 0.602. The highest BCUT2D eigenvalue weighted by atomic mass is 19.1. The average molecular weight is 399 g/mol. The average Bonchev–Trinajstić information content (AvgIpc) is 2.56. The molecule has 1 aromatic carbocycles. The Morgan fingerprint density at radius 3 is 2.07 bits per heavy atom. The lowest BCUT2D eigenvalue weighted by atomic mass is 10.0. The van der Waals surface area contributed by atoms with Crippen LogP contribution < -0.4 is 16.0 Å². The number of carbonyl (C=O) groups is 4. The molecule has 0 fully saturated rings. The highest BCUT2D eigenvalue weighted by Gasteiger charge is 2.29. The number of carbonyl (C=O) groups excluding carboxylic acids is 4. The van der Waals surface area contributed by atoms with Gasteiger partial charge in [0.1, 0.15) is 23.2 Å². The standard InChI is InChI=1S/C18H23F2N3O5/c1-9(2)15(23-16(25)14-11(19)6-5-7-12(14)20)17(26)28-8-13(24)22-18(27)21-10(3)4/h5-7,9-10,15H,8H2,1-4H3,(H,23,25)(H2,21,22,24,27)/t15-/m0/s1. The van der Waals surface area contributed by atoms with Gasteiger partial charge in [-0.1, -0.05) is 19.9 Å². The van der Waals surface area contributed by atoms with Gasteiger partial charge < -0.3 is 15.4 Å². The topological polar surface area (TPSA) is 114 Å². The summed E-state index contributed by atoms with van der Waals surface area (Å²) < 4.78 is 32.2. The smallest absolute Gasteiger partial charge is 0.329 e. The second kappa shape index (κ2) is 10.3. The predicted octanol–water partition coefficient (Wildman–Crippen LogP) is 1.50. The van der Waals surface area contributed by atoms with Crippen LogP contribution in [0, 0.1) is 17.6 Å². The third kappa shape index (κ3) is 6.93. The molecule has 0 unspecified atom stereocenters. The Labute approximate surface area is 161 Å². The molecule has 1 rings (SSSR count). The summed E-state index contributed by atoms with van der Waals surface area (Å²) in [7, 11) is 0. The number of nitrogens with one attached hydrogen (secondary N) is 3. The van der Waals surface area contributed by atoms with Crippen molar-refractivity contribution >= 4 is 23.8 Å². The SMILES string of the molecule is CC(C)NC(=O)NC(=O)COC(=O)[C@@H](NC(=O)c1c(F)cccc1F)C(C)C. The van der Waals surface area contributed by atoms with Crippen molar-refractivity contribution in [1.82, 2.24) is 16.0 Å². The number of hydrogen-bond donors (Lipinski definition) is 3. The van der Waals surface area contributed by atoms with Crippen molar-refractivity contribution in [3.8, 4) is 0 Å². The molecule has 0 radical (unpaired) electrons. The van der Waals surface area contributed by atoms with Gasteiger partial charge in [0.25, 0.3) is 11.8 Å². The normalized spacial score (nSPS) is 11.7. The first-order valence-corrected chi connectivity index (χ1v) is 8.54. The molecule has 1 atom stereocenters. The zero-order chi connectivity index (χ0) is 21.4. The van der Waals surface area contributed by atoms with E-state index in [1.165, 1.54) is 0 Å². The number of urea groups is 1. The minimum Gasteiger partial charge on any atom is -0.454 e. The minimum atomic E-state index is -1.26. The molecule has 0 aliphatic carbocycles. The fraction of sp³-hybridized carbons (Fsp3) is 0.444. The van der Waals surface area contributed by atoms with E-state index in [1.54, 1.807) is 27.7 Å². The number of halogens is 2. The molecule has 8 nitrogen and oxygen atoms in total. The molecule has 0 aliphatic heterocycles. The second-order valence-electron chi connectivity index (χ2n) is 6.58. The number of hydrogen-bond acceptors (Lipinski definition) is 5. The fourth-order valence-corrected chi connectivity index (χ4v) is 2.11. The highest BCUT2D eigenvalue weighted by molar-refractivity contribution is 5.98. The number of esters is 1. The Morgan fingerprint density at radius 2 is 1.57 bits per heavy atom. The van der Waals surface area contributed by atoms with Gasteiger partial charge in [-0.3, -0.25) is 14.9 Å². The summed E-state index contributed by atoms with van der Waals surface area (Å²) in [6, 6.07) is 0.711. The molecule has 3 N–H and O–H groups in total. The summed E-state index contributed by atoms with van der Waals surface area (Å²) in [5.74, 6) is -5.65.